The average molecular weight is 168 g/mol. The van der Waals surface area contributed by atoms with E-state index in [1.54, 1.807) is 0 Å². The van der Waals surface area contributed by atoms with E-state index in [0.29, 0.717) is 0 Å². The Morgan fingerprint density at radius 2 is 1.91 bits per heavy atom. The van der Waals surface area contributed by atoms with Crippen molar-refractivity contribution in [1.29, 1.82) is 0 Å². The Morgan fingerprint density at radius 1 is 1.18 bits per heavy atom. The van der Waals surface area contributed by atoms with Crippen molar-refractivity contribution in [3.63, 3.8) is 0 Å². The molecule has 0 saturated carbocycles. The number of rotatable bonds is 2. The molecule has 0 atom stereocenters. The normalized spacial score (nSPS) is 9.73. The summed E-state index contributed by atoms with van der Waals surface area (Å²) in [5.41, 5.74) is 2.58. The van der Waals surface area contributed by atoms with Gasteiger partial charge in [0.1, 0.15) is 5.75 Å². The van der Waals surface area contributed by atoms with Crippen LogP contribution in [0.15, 0.2) is 18.2 Å². The second kappa shape index (κ2) is 3.67. The van der Waals surface area contributed by atoms with Gasteiger partial charge in [0.2, 0.25) is 0 Å². The summed E-state index contributed by atoms with van der Waals surface area (Å²) in [6.45, 7) is 4.18. The fourth-order valence-corrected chi connectivity index (χ4v) is 1.16. The Hall–Kier alpha value is -0.630. The van der Waals surface area contributed by atoms with E-state index in [9.17, 15) is 0 Å². The van der Waals surface area contributed by atoms with Gasteiger partial charge < -0.3 is 4.18 Å². The van der Waals surface area contributed by atoms with E-state index in [2.05, 4.69) is 19.9 Å². The van der Waals surface area contributed by atoms with Gasteiger partial charge in [-0.15, -0.1) is 0 Å². The summed E-state index contributed by atoms with van der Waals surface area (Å²) in [6.07, 6.45) is 1.91. The van der Waals surface area contributed by atoms with Crippen molar-refractivity contribution < 1.29 is 4.18 Å². The van der Waals surface area contributed by atoms with E-state index in [1.165, 1.54) is 23.2 Å². The molecule has 0 saturated heterocycles. The highest BCUT2D eigenvalue weighted by atomic mass is 32.2. The molecule has 60 valence electrons. The van der Waals surface area contributed by atoms with Gasteiger partial charge in [0.05, 0.1) is 12.0 Å². The summed E-state index contributed by atoms with van der Waals surface area (Å²) >= 11 is 1.37. The molecule has 1 aromatic carbocycles. The zero-order chi connectivity index (χ0) is 8.27. The first-order valence-corrected chi connectivity index (χ1v) is 4.67. The Kier molecular flexibility index (Phi) is 2.83. The standard InChI is InChI=1S/C9H12OS/c1-7-4-5-9(10-11-3)6-8(7)2/h4-6H,1-3H3. The van der Waals surface area contributed by atoms with Crippen LogP contribution < -0.4 is 4.18 Å². The first-order chi connectivity index (χ1) is 5.24. The summed E-state index contributed by atoms with van der Waals surface area (Å²) in [7, 11) is 0. The highest BCUT2D eigenvalue weighted by molar-refractivity contribution is 7.94. The van der Waals surface area contributed by atoms with Crippen LogP contribution in [0.2, 0.25) is 0 Å². The molecule has 0 aliphatic rings. The molecule has 0 fully saturated rings. The molecule has 0 N–H and O–H groups in total. The van der Waals surface area contributed by atoms with Gasteiger partial charge >= 0.3 is 0 Å². The molecule has 0 radical (unpaired) electrons. The van der Waals surface area contributed by atoms with Crippen LogP contribution in [0, 0.1) is 13.8 Å². The lowest BCUT2D eigenvalue weighted by atomic mass is 10.1. The minimum atomic E-state index is 0.931. The van der Waals surface area contributed by atoms with E-state index < -0.39 is 0 Å². The minimum Gasteiger partial charge on any atom is -0.426 e. The summed E-state index contributed by atoms with van der Waals surface area (Å²) in [4.78, 5) is 0. The van der Waals surface area contributed by atoms with Crippen molar-refractivity contribution in [2.24, 2.45) is 0 Å². The molecule has 1 nitrogen and oxygen atoms in total. The van der Waals surface area contributed by atoms with Gasteiger partial charge in [-0.05, 0) is 37.1 Å². The molecule has 0 bridgehead atoms. The molecule has 0 amide bonds. The third-order valence-electron chi connectivity index (χ3n) is 1.66. The molecule has 0 heterocycles. The molecule has 0 aliphatic carbocycles. The maximum atomic E-state index is 5.26. The SMILES string of the molecule is CSOc1ccc(C)c(C)c1. The molecule has 0 aliphatic heterocycles. The van der Waals surface area contributed by atoms with Gasteiger partial charge in [0.25, 0.3) is 0 Å². The lowest BCUT2D eigenvalue weighted by Gasteiger charge is -2.03. The summed E-state index contributed by atoms with van der Waals surface area (Å²) < 4.78 is 5.26. The van der Waals surface area contributed by atoms with Gasteiger partial charge in [0.15, 0.2) is 0 Å². The van der Waals surface area contributed by atoms with Gasteiger partial charge in [-0.25, -0.2) is 0 Å². The maximum absolute atomic E-state index is 5.26. The van der Waals surface area contributed by atoms with Gasteiger partial charge in [-0.1, -0.05) is 6.07 Å². The highest BCUT2D eigenvalue weighted by Crippen LogP contribution is 2.18. The largest absolute Gasteiger partial charge is 0.426 e. The number of hydrogen-bond donors (Lipinski definition) is 0. The number of hydrogen-bond acceptors (Lipinski definition) is 2. The van der Waals surface area contributed by atoms with Crippen LogP contribution in [-0.4, -0.2) is 6.26 Å². The van der Waals surface area contributed by atoms with Crippen molar-refractivity contribution in [2.75, 3.05) is 6.26 Å². The third-order valence-corrected chi connectivity index (χ3v) is 2.02. The van der Waals surface area contributed by atoms with Gasteiger partial charge in [-0.2, -0.15) is 0 Å². The molecule has 1 rings (SSSR count). The molecule has 0 aromatic heterocycles. The Balaban J connectivity index is 2.86. The smallest absolute Gasteiger partial charge is 0.137 e. The zero-order valence-electron chi connectivity index (χ0n) is 7.05. The van der Waals surface area contributed by atoms with Crippen LogP contribution in [0.4, 0.5) is 0 Å². The highest BCUT2D eigenvalue weighted by Gasteiger charge is 1.95. The van der Waals surface area contributed by atoms with Crippen molar-refractivity contribution in [3.05, 3.63) is 29.3 Å². The topological polar surface area (TPSA) is 9.23 Å². The van der Waals surface area contributed by atoms with Crippen LogP contribution in [0.1, 0.15) is 11.1 Å². The Morgan fingerprint density at radius 3 is 2.45 bits per heavy atom. The predicted octanol–water partition coefficient (Wildman–Crippen LogP) is 2.96. The lowest BCUT2D eigenvalue weighted by Crippen LogP contribution is -1.83. The quantitative estimate of drug-likeness (QED) is 0.628. The van der Waals surface area contributed by atoms with Crippen LogP contribution in [0.25, 0.3) is 0 Å². The Bertz CT molecular complexity index is 245. The fourth-order valence-electron chi connectivity index (χ4n) is 0.862. The van der Waals surface area contributed by atoms with Crippen LogP contribution in [0.3, 0.4) is 0 Å². The first-order valence-electron chi connectivity index (χ1n) is 3.52. The second-order valence-electron chi connectivity index (χ2n) is 2.50. The first kappa shape index (κ1) is 8.47. The van der Waals surface area contributed by atoms with Crippen molar-refractivity contribution >= 4 is 12.0 Å². The van der Waals surface area contributed by atoms with Gasteiger partial charge in [0, 0.05) is 6.26 Å². The van der Waals surface area contributed by atoms with E-state index in [1.807, 2.05) is 18.4 Å². The van der Waals surface area contributed by atoms with Crippen LogP contribution in [-0.2, 0) is 0 Å². The predicted molar refractivity (Wildman–Crippen MR) is 50.1 cm³/mol. The molecule has 1 aromatic rings. The number of aryl methyl sites for hydroxylation is 2. The van der Waals surface area contributed by atoms with Crippen LogP contribution in [0.5, 0.6) is 5.75 Å². The summed E-state index contributed by atoms with van der Waals surface area (Å²) in [6, 6.07) is 6.10. The van der Waals surface area contributed by atoms with E-state index in [-0.39, 0.29) is 0 Å². The summed E-state index contributed by atoms with van der Waals surface area (Å²) in [5, 5.41) is 0. The molecular formula is C9H12OS. The van der Waals surface area contributed by atoms with Gasteiger partial charge in [-0.3, -0.25) is 0 Å². The second-order valence-corrected chi connectivity index (χ2v) is 3.00. The molecule has 0 unspecified atom stereocenters. The maximum Gasteiger partial charge on any atom is 0.137 e. The summed E-state index contributed by atoms with van der Waals surface area (Å²) in [5.74, 6) is 0.931. The van der Waals surface area contributed by atoms with E-state index >= 15 is 0 Å². The van der Waals surface area contributed by atoms with E-state index in [0.717, 1.165) is 5.75 Å². The van der Waals surface area contributed by atoms with Crippen LogP contribution >= 0.6 is 12.0 Å². The van der Waals surface area contributed by atoms with E-state index in [4.69, 9.17) is 4.18 Å². The van der Waals surface area contributed by atoms with Crippen molar-refractivity contribution in [1.82, 2.24) is 0 Å². The fraction of sp³-hybridized carbons (Fsp3) is 0.333. The average Bonchev–Trinajstić information content (AvgIpc) is 1.98. The minimum absolute atomic E-state index is 0.931. The number of benzene rings is 1. The molecular weight excluding hydrogens is 156 g/mol. The molecule has 2 heteroatoms. The third kappa shape index (κ3) is 2.15. The zero-order valence-corrected chi connectivity index (χ0v) is 7.87. The molecule has 11 heavy (non-hydrogen) atoms. The lowest BCUT2D eigenvalue weighted by molar-refractivity contribution is 0.649. The Labute approximate surface area is 72.0 Å². The van der Waals surface area contributed by atoms with Crippen molar-refractivity contribution in [3.8, 4) is 5.75 Å². The monoisotopic (exact) mass is 168 g/mol. The van der Waals surface area contributed by atoms with Crippen molar-refractivity contribution in [2.45, 2.75) is 13.8 Å². The molecule has 0 spiro atoms.